The van der Waals surface area contributed by atoms with Gasteiger partial charge in [0, 0.05) is 25.0 Å². The second-order valence-corrected chi connectivity index (χ2v) is 8.55. The number of aliphatic hydroxyl groups excluding tert-OH is 1. The van der Waals surface area contributed by atoms with Crippen LogP contribution >= 0.6 is 0 Å². The third-order valence-corrected chi connectivity index (χ3v) is 6.61. The van der Waals surface area contributed by atoms with E-state index in [4.69, 9.17) is 0 Å². The van der Waals surface area contributed by atoms with Gasteiger partial charge in [0.1, 0.15) is 0 Å². The number of carbonyl (C=O) groups excluding carboxylic acids is 1. The first-order valence-corrected chi connectivity index (χ1v) is 11.0. The molecule has 0 spiro atoms. The summed E-state index contributed by atoms with van der Waals surface area (Å²) >= 11 is 0. The van der Waals surface area contributed by atoms with Gasteiger partial charge in [-0.1, -0.05) is 31.2 Å². The van der Waals surface area contributed by atoms with Crippen LogP contribution in [0.3, 0.4) is 0 Å². The Kier molecular flexibility index (Phi) is 7.89. The molecule has 1 atom stereocenters. The van der Waals surface area contributed by atoms with Crippen LogP contribution in [0.1, 0.15) is 50.2 Å². The standard InChI is InChI=1S/C23H37N3O2/c1-3-22(27)16-24-23(28)19-8-14-26(15-9-19)21-10-12-25(13-11-21)17-20-7-5-4-6-18(20)2/h4-7,19,21-22,27H,3,8-17H2,1-2H3,(H,24,28)/t22-/m0/s1. The lowest BCUT2D eigenvalue weighted by Crippen LogP contribution is -2.49. The van der Waals surface area contributed by atoms with E-state index in [-0.39, 0.29) is 11.8 Å². The maximum atomic E-state index is 12.3. The Balaban J connectivity index is 1.38. The van der Waals surface area contributed by atoms with Crippen molar-refractivity contribution < 1.29 is 9.90 Å². The van der Waals surface area contributed by atoms with Crippen molar-refractivity contribution >= 4 is 5.91 Å². The van der Waals surface area contributed by atoms with E-state index in [9.17, 15) is 9.90 Å². The van der Waals surface area contributed by atoms with Gasteiger partial charge in [-0.3, -0.25) is 9.69 Å². The minimum absolute atomic E-state index is 0.112. The molecular weight excluding hydrogens is 350 g/mol. The Hall–Kier alpha value is -1.43. The zero-order chi connectivity index (χ0) is 19.9. The molecule has 2 heterocycles. The van der Waals surface area contributed by atoms with Gasteiger partial charge in [0.25, 0.3) is 0 Å². The lowest BCUT2D eigenvalue weighted by Gasteiger charge is -2.41. The van der Waals surface area contributed by atoms with E-state index >= 15 is 0 Å². The first-order chi connectivity index (χ1) is 13.6. The Labute approximate surface area is 170 Å². The molecule has 2 aliphatic heterocycles. The molecule has 0 unspecified atom stereocenters. The summed E-state index contributed by atoms with van der Waals surface area (Å²) in [5, 5.41) is 12.5. The number of benzene rings is 1. The van der Waals surface area contributed by atoms with Gasteiger partial charge in [0.05, 0.1) is 6.10 Å². The molecule has 1 amide bonds. The highest BCUT2D eigenvalue weighted by atomic mass is 16.3. The maximum absolute atomic E-state index is 12.3. The van der Waals surface area contributed by atoms with Gasteiger partial charge < -0.3 is 15.3 Å². The molecule has 0 aliphatic carbocycles. The number of aryl methyl sites for hydroxylation is 1. The molecule has 2 aliphatic rings. The Bertz CT molecular complexity index is 620. The molecule has 0 radical (unpaired) electrons. The number of amides is 1. The Morgan fingerprint density at radius 3 is 2.46 bits per heavy atom. The lowest BCUT2D eigenvalue weighted by molar-refractivity contribution is -0.127. The zero-order valence-corrected chi connectivity index (χ0v) is 17.6. The van der Waals surface area contributed by atoms with E-state index in [0.29, 0.717) is 19.0 Å². The van der Waals surface area contributed by atoms with Crippen molar-refractivity contribution in [2.24, 2.45) is 5.92 Å². The number of carbonyl (C=O) groups is 1. The number of hydrogen-bond donors (Lipinski definition) is 2. The van der Waals surface area contributed by atoms with Crippen LogP contribution < -0.4 is 5.32 Å². The number of aliphatic hydroxyl groups is 1. The predicted octanol–water partition coefficient (Wildman–Crippen LogP) is 2.56. The molecule has 1 aromatic rings. The van der Waals surface area contributed by atoms with Crippen LogP contribution in [0.4, 0.5) is 0 Å². The summed E-state index contributed by atoms with van der Waals surface area (Å²) in [4.78, 5) is 17.5. The van der Waals surface area contributed by atoms with E-state index < -0.39 is 6.10 Å². The van der Waals surface area contributed by atoms with Gasteiger partial charge in [-0.15, -0.1) is 0 Å². The third-order valence-electron chi connectivity index (χ3n) is 6.61. The maximum Gasteiger partial charge on any atom is 0.223 e. The molecule has 3 rings (SSSR count). The summed E-state index contributed by atoms with van der Waals surface area (Å²) in [6.45, 7) is 9.95. The van der Waals surface area contributed by atoms with Gasteiger partial charge >= 0.3 is 0 Å². The van der Waals surface area contributed by atoms with E-state index in [1.165, 1.54) is 24.0 Å². The molecule has 5 nitrogen and oxygen atoms in total. The minimum atomic E-state index is -0.422. The summed E-state index contributed by atoms with van der Waals surface area (Å²) in [5.74, 6) is 0.238. The highest BCUT2D eigenvalue weighted by Crippen LogP contribution is 2.25. The molecule has 5 heteroatoms. The molecule has 0 bridgehead atoms. The predicted molar refractivity (Wildman–Crippen MR) is 113 cm³/mol. The zero-order valence-electron chi connectivity index (χ0n) is 17.6. The van der Waals surface area contributed by atoms with E-state index in [0.717, 1.165) is 45.6 Å². The topological polar surface area (TPSA) is 55.8 Å². The number of hydrogen-bond acceptors (Lipinski definition) is 4. The third kappa shape index (κ3) is 5.79. The molecule has 2 saturated heterocycles. The fraction of sp³-hybridized carbons (Fsp3) is 0.696. The first kappa shape index (κ1) is 21.3. The Morgan fingerprint density at radius 1 is 1.14 bits per heavy atom. The van der Waals surface area contributed by atoms with Gasteiger partial charge in [-0.2, -0.15) is 0 Å². The average Bonchev–Trinajstić information content (AvgIpc) is 2.74. The number of likely N-dealkylation sites (tertiary alicyclic amines) is 2. The molecule has 0 saturated carbocycles. The van der Waals surface area contributed by atoms with Crippen molar-refractivity contribution in [3.8, 4) is 0 Å². The second kappa shape index (κ2) is 10.4. The molecule has 1 aromatic carbocycles. The largest absolute Gasteiger partial charge is 0.391 e. The van der Waals surface area contributed by atoms with Crippen molar-refractivity contribution in [3.63, 3.8) is 0 Å². The average molecular weight is 388 g/mol. The smallest absolute Gasteiger partial charge is 0.223 e. The summed E-state index contributed by atoms with van der Waals surface area (Å²) in [6.07, 6.45) is 4.60. The van der Waals surface area contributed by atoms with Crippen LogP contribution in [-0.2, 0) is 11.3 Å². The molecular formula is C23H37N3O2. The van der Waals surface area contributed by atoms with Crippen LogP contribution in [0.2, 0.25) is 0 Å². The summed E-state index contributed by atoms with van der Waals surface area (Å²) in [6, 6.07) is 9.36. The van der Waals surface area contributed by atoms with Crippen molar-refractivity contribution in [1.29, 1.82) is 0 Å². The second-order valence-electron chi connectivity index (χ2n) is 8.55. The first-order valence-electron chi connectivity index (χ1n) is 11.0. The van der Waals surface area contributed by atoms with Crippen LogP contribution in [0.5, 0.6) is 0 Å². The molecule has 28 heavy (non-hydrogen) atoms. The molecule has 2 fully saturated rings. The van der Waals surface area contributed by atoms with E-state index in [1.807, 2.05) is 6.92 Å². The minimum Gasteiger partial charge on any atom is -0.391 e. The van der Waals surface area contributed by atoms with Crippen molar-refractivity contribution in [2.75, 3.05) is 32.7 Å². The number of nitrogens with one attached hydrogen (secondary N) is 1. The summed E-state index contributed by atoms with van der Waals surface area (Å²) in [5.41, 5.74) is 2.83. The monoisotopic (exact) mass is 387 g/mol. The van der Waals surface area contributed by atoms with Crippen molar-refractivity contribution in [1.82, 2.24) is 15.1 Å². The normalized spacial score (nSPS) is 21.5. The van der Waals surface area contributed by atoms with E-state index in [1.54, 1.807) is 0 Å². The quantitative estimate of drug-likeness (QED) is 0.755. The molecule has 0 aromatic heterocycles. The summed E-state index contributed by atoms with van der Waals surface area (Å²) in [7, 11) is 0. The van der Waals surface area contributed by atoms with Crippen LogP contribution in [0, 0.1) is 12.8 Å². The SMILES string of the molecule is CC[C@H](O)CNC(=O)C1CCN(C2CCN(Cc3ccccc3C)CC2)CC1. The van der Waals surface area contributed by atoms with Crippen LogP contribution in [0.15, 0.2) is 24.3 Å². The molecule has 2 N–H and O–H groups in total. The summed E-state index contributed by atoms with van der Waals surface area (Å²) < 4.78 is 0. The van der Waals surface area contributed by atoms with Gasteiger partial charge in [0.2, 0.25) is 5.91 Å². The van der Waals surface area contributed by atoms with Crippen LogP contribution in [0.25, 0.3) is 0 Å². The van der Waals surface area contributed by atoms with Crippen molar-refractivity contribution in [2.45, 2.75) is 64.6 Å². The number of piperidine rings is 2. The highest BCUT2D eigenvalue weighted by molar-refractivity contribution is 5.78. The number of rotatable bonds is 7. The fourth-order valence-corrected chi connectivity index (χ4v) is 4.50. The lowest BCUT2D eigenvalue weighted by atomic mass is 9.92. The molecule has 156 valence electrons. The van der Waals surface area contributed by atoms with Gasteiger partial charge in [-0.25, -0.2) is 0 Å². The number of nitrogens with zero attached hydrogens (tertiary/aromatic N) is 2. The van der Waals surface area contributed by atoms with Crippen molar-refractivity contribution in [3.05, 3.63) is 35.4 Å². The van der Waals surface area contributed by atoms with E-state index in [2.05, 4.69) is 46.3 Å². The Morgan fingerprint density at radius 2 is 1.82 bits per heavy atom. The van der Waals surface area contributed by atoms with Gasteiger partial charge in [-0.05, 0) is 76.3 Å². The highest BCUT2D eigenvalue weighted by Gasteiger charge is 2.30. The van der Waals surface area contributed by atoms with Gasteiger partial charge in [0.15, 0.2) is 0 Å². The fourth-order valence-electron chi connectivity index (χ4n) is 4.50. The van der Waals surface area contributed by atoms with Crippen LogP contribution in [-0.4, -0.2) is 65.7 Å².